The van der Waals surface area contributed by atoms with E-state index in [2.05, 4.69) is 9.88 Å². The lowest BCUT2D eigenvalue weighted by Crippen LogP contribution is -2.48. The summed E-state index contributed by atoms with van der Waals surface area (Å²) in [6.45, 7) is 2.88. The lowest BCUT2D eigenvalue weighted by molar-refractivity contribution is 0.0751. The van der Waals surface area contributed by atoms with Crippen molar-refractivity contribution in [2.45, 2.75) is 0 Å². The van der Waals surface area contributed by atoms with Gasteiger partial charge in [-0.3, -0.25) is 9.48 Å². The van der Waals surface area contributed by atoms with Crippen molar-refractivity contribution in [3.8, 4) is 22.8 Å². The predicted molar refractivity (Wildman–Crippen MR) is 129 cm³/mol. The van der Waals surface area contributed by atoms with Crippen molar-refractivity contribution in [2.75, 3.05) is 45.3 Å². The lowest BCUT2D eigenvalue weighted by atomic mass is 10.1. The number of benzene rings is 1. The molecule has 33 heavy (non-hydrogen) atoms. The Morgan fingerprint density at radius 3 is 2.48 bits per heavy atom. The van der Waals surface area contributed by atoms with E-state index in [0.717, 1.165) is 45.3 Å². The summed E-state index contributed by atoms with van der Waals surface area (Å²) in [7, 11) is 5.14. The van der Waals surface area contributed by atoms with E-state index in [1.165, 1.54) is 11.3 Å². The number of pyridine rings is 1. The second-order valence-electron chi connectivity index (χ2n) is 7.84. The largest absolute Gasteiger partial charge is 0.493 e. The maximum atomic E-state index is 13.3. The van der Waals surface area contributed by atoms with Crippen LogP contribution in [0.15, 0.2) is 48.7 Å². The number of hydrogen-bond acceptors (Lipinski definition) is 7. The van der Waals surface area contributed by atoms with Crippen molar-refractivity contribution in [2.24, 2.45) is 7.05 Å². The number of methoxy groups -OCH3 is 2. The summed E-state index contributed by atoms with van der Waals surface area (Å²) < 4.78 is 12.6. The first-order valence-corrected chi connectivity index (χ1v) is 11.5. The van der Waals surface area contributed by atoms with Crippen molar-refractivity contribution >= 4 is 33.3 Å². The summed E-state index contributed by atoms with van der Waals surface area (Å²) in [5.74, 6) is 2.33. The van der Waals surface area contributed by atoms with Gasteiger partial charge in [-0.05, 0) is 36.4 Å². The Labute approximate surface area is 196 Å². The molecule has 1 amide bonds. The molecule has 0 unspecified atom stereocenters. The van der Waals surface area contributed by atoms with Crippen molar-refractivity contribution in [3.05, 3.63) is 53.5 Å². The number of amides is 1. The molecule has 9 heteroatoms. The average molecular weight is 464 g/mol. The Morgan fingerprint density at radius 1 is 1.00 bits per heavy atom. The number of hydrogen-bond donors (Lipinski definition) is 0. The first-order valence-electron chi connectivity index (χ1n) is 10.7. The van der Waals surface area contributed by atoms with Crippen molar-refractivity contribution in [1.29, 1.82) is 0 Å². The van der Waals surface area contributed by atoms with Gasteiger partial charge in [0.05, 0.1) is 19.1 Å². The van der Waals surface area contributed by atoms with Crippen molar-refractivity contribution in [3.63, 3.8) is 0 Å². The van der Waals surface area contributed by atoms with E-state index in [0.29, 0.717) is 24.6 Å². The SMILES string of the molecule is COc1ccc(-c2nn(C)c3sc(C(=O)N4CCN(c5ccccn5)CC4)cc23)cc1OC. The molecular formula is C24H25N5O3S. The van der Waals surface area contributed by atoms with Crippen molar-refractivity contribution < 1.29 is 14.3 Å². The Hall–Kier alpha value is -3.59. The monoisotopic (exact) mass is 463 g/mol. The highest BCUT2D eigenvalue weighted by Crippen LogP contribution is 2.37. The molecule has 170 valence electrons. The van der Waals surface area contributed by atoms with Gasteiger partial charge in [0.2, 0.25) is 0 Å². The molecule has 4 aromatic rings. The van der Waals surface area contributed by atoms with E-state index in [1.807, 2.05) is 59.1 Å². The van der Waals surface area contributed by atoms with Crippen LogP contribution in [-0.2, 0) is 7.05 Å². The molecule has 0 spiro atoms. The molecule has 0 saturated carbocycles. The number of carbonyl (C=O) groups is 1. The van der Waals surface area contributed by atoms with E-state index in [4.69, 9.17) is 14.6 Å². The number of carbonyl (C=O) groups excluding carboxylic acids is 1. The Kier molecular flexibility index (Phi) is 5.63. The smallest absolute Gasteiger partial charge is 0.264 e. The van der Waals surface area contributed by atoms with E-state index < -0.39 is 0 Å². The molecule has 4 heterocycles. The Bertz CT molecular complexity index is 1290. The van der Waals surface area contributed by atoms with Crippen LogP contribution >= 0.6 is 11.3 Å². The summed E-state index contributed by atoms with van der Waals surface area (Å²) in [5, 5.41) is 5.66. The second kappa shape index (κ2) is 8.74. The molecule has 5 rings (SSSR count). The predicted octanol–water partition coefficient (Wildman–Crippen LogP) is 3.68. The van der Waals surface area contributed by atoms with Gasteiger partial charge < -0.3 is 19.3 Å². The number of thiophene rings is 1. The zero-order valence-corrected chi connectivity index (χ0v) is 19.6. The summed E-state index contributed by atoms with van der Waals surface area (Å²) in [4.78, 5) is 23.5. The number of rotatable bonds is 5. The minimum absolute atomic E-state index is 0.0649. The quantitative estimate of drug-likeness (QED) is 0.450. The van der Waals surface area contributed by atoms with E-state index >= 15 is 0 Å². The van der Waals surface area contributed by atoms with Gasteiger partial charge in [-0.15, -0.1) is 11.3 Å². The maximum Gasteiger partial charge on any atom is 0.264 e. The maximum absolute atomic E-state index is 13.3. The van der Waals surface area contributed by atoms with Crippen LogP contribution in [0.5, 0.6) is 11.5 Å². The number of ether oxygens (including phenoxy) is 2. The normalized spacial score (nSPS) is 14.0. The third-order valence-electron chi connectivity index (χ3n) is 5.92. The number of anilines is 1. The standard InChI is InChI=1S/C24H25N5O3S/c1-27-24-17(22(26-27)16-7-8-18(31-2)19(14-16)32-3)15-20(33-24)23(30)29-12-10-28(11-13-29)21-6-4-5-9-25-21/h4-9,14-15H,10-13H2,1-3H3. The highest BCUT2D eigenvalue weighted by Gasteiger charge is 2.26. The molecule has 1 aliphatic rings. The number of piperazine rings is 1. The third kappa shape index (κ3) is 3.89. The minimum Gasteiger partial charge on any atom is -0.493 e. The van der Waals surface area contributed by atoms with Crippen LogP contribution < -0.4 is 14.4 Å². The third-order valence-corrected chi connectivity index (χ3v) is 7.11. The molecular weight excluding hydrogens is 438 g/mol. The van der Waals surface area contributed by atoms with Gasteiger partial charge in [0.15, 0.2) is 11.5 Å². The van der Waals surface area contributed by atoms with Gasteiger partial charge >= 0.3 is 0 Å². The number of aryl methyl sites for hydroxylation is 1. The van der Waals surface area contributed by atoms with Crippen LogP contribution in [0, 0.1) is 0 Å². The molecule has 0 aliphatic carbocycles. The van der Waals surface area contributed by atoms with Crippen LogP contribution in [0.4, 0.5) is 5.82 Å². The fourth-order valence-corrected chi connectivity index (χ4v) is 5.22. The number of fused-ring (bicyclic) bond motifs is 1. The fraction of sp³-hybridized carbons (Fsp3) is 0.292. The highest BCUT2D eigenvalue weighted by atomic mass is 32.1. The molecule has 1 fully saturated rings. The van der Waals surface area contributed by atoms with E-state index in [1.54, 1.807) is 20.4 Å². The van der Waals surface area contributed by atoms with Gasteiger partial charge in [0, 0.05) is 50.4 Å². The van der Waals surface area contributed by atoms with Crippen LogP contribution in [-0.4, -0.2) is 66.0 Å². The van der Waals surface area contributed by atoms with E-state index in [9.17, 15) is 4.79 Å². The molecule has 1 saturated heterocycles. The molecule has 0 atom stereocenters. The molecule has 0 bridgehead atoms. The van der Waals surface area contributed by atoms with E-state index in [-0.39, 0.29) is 5.91 Å². The fourth-order valence-electron chi connectivity index (χ4n) is 4.18. The second-order valence-corrected chi connectivity index (χ2v) is 8.87. The molecule has 1 aromatic carbocycles. The van der Waals surface area contributed by atoms with Crippen LogP contribution in [0.1, 0.15) is 9.67 Å². The summed E-state index contributed by atoms with van der Waals surface area (Å²) >= 11 is 1.48. The molecule has 0 N–H and O–H groups in total. The topological polar surface area (TPSA) is 72.7 Å². The van der Waals surface area contributed by atoms with Crippen LogP contribution in [0.2, 0.25) is 0 Å². The summed E-state index contributed by atoms with van der Waals surface area (Å²) in [6, 6.07) is 13.6. The molecule has 0 radical (unpaired) electrons. The van der Waals surface area contributed by atoms with Gasteiger partial charge in [0.1, 0.15) is 16.3 Å². The first-order chi connectivity index (χ1) is 16.1. The summed E-state index contributed by atoms with van der Waals surface area (Å²) in [5.41, 5.74) is 1.74. The zero-order chi connectivity index (χ0) is 22.9. The number of aromatic nitrogens is 3. The Balaban J connectivity index is 1.39. The zero-order valence-electron chi connectivity index (χ0n) is 18.8. The molecule has 3 aromatic heterocycles. The average Bonchev–Trinajstić information content (AvgIpc) is 3.44. The van der Waals surface area contributed by atoms with Gasteiger partial charge in [-0.25, -0.2) is 4.98 Å². The van der Waals surface area contributed by atoms with Crippen LogP contribution in [0.3, 0.4) is 0 Å². The first kappa shape index (κ1) is 21.3. The number of nitrogens with zero attached hydrogens (tertiary/aromatic N) is 5. The summed E-state index contributed by atoms with van der Waals surface area (Å²) in [6.07, 6.45) is 1.80. The van der Waals surface area contributed by atoms with Gasteiger partial charge in [-0.2, -0.15) is 5.10 Å². The molecule has 1 aliphatic heterocycles. The Morgan fingerprint density at radius 2 is 1.79 bits per heavy atom. The highest BCUT2D eigenvalue weighted by molar-refractivity contribution is 7.20. The van der Waals surface area contributed by atoms with Crippen molar-refractivity contribution in [1.82, 2.24) is 19.7 Å². The van der Waals surface area contributed by atoms with Gasteiger partial charge in [-0.1, -0.05) is 6.07 Å². The van der Waals surface area contributed by atoms with Crippen LogP contribution in [0.25, 0.3) is 21.5 Å². The lowest BCUT2D eigenvalue weighted by Gasteiger charge is -2.35. The van der Waals surface area contributed by atoms with Gasteiger partial charge in [0.25, 0.3) is 5.91 Å². The minimum atomic E-state index is 0.0649. The molecule has 8 nitrogen and oxygen atoms in total.